The Morgan fingerprint density at radius 2 is 1.64 bits per heavy atom. The van der Waals surface area contributed by atoms with Gasteiger partial charge in [-0.2, -0.15) is 0 Å². The van der Waals surface area contributed by atoms with Crippen LogP contribution in [0.1, 0.15) is 64.7 Å². The second kappa shape index (κ2) is 16.0. The van der Waals surface area contributed by atoms with Gasteiger partial charge in [-0.25, -0.2) is 0 Å². The van der Waals surface area contributed by atoms with Crippen LogP contribution >= 0.6 is 0 Å². The highest BCUT2D eigenvalue weighted by atomic mass is 16.5. The Morgan fingerprint density at radius 1 is 1.00 bits per heavy atom. The van der Waals surface area contributed by atoms with Crippen LogP contribution in [0.5, 0.6) is 0 Å². The summed E-state index contributed by atoms with van der Waals surface area (Å²) in [7, 11) is 1.53. The molecule has 0 bridgehead atoms. The highest BCUT2D eigenvalue weighted by Crippen LogP contribution is 2.08. The summed E-state index contributed by atoms with van der Waals surface area (Å²) in [6.45, 7) is 2.17. The molecule has 0 saturated carbocycles. The van der Waals surface area contributed by atoms with Crippen LogP contribution in [-0.2, 0) is 9.53 Å². The summed E-state index contributed by atoms with van der Waals surface area (Å²) < 4.78 is 5.06. The number of allylic oxidation sites excluding steroid dienone is 5. The van der Waals surface area contributed by atoms with Crippen LogP contribution in [-0.4, -0.2) is 24.3 Å². The molecule has 0 aliphatic rings. The Morgan fingerprint density at radius 3 is 2.23 bits per heavy atom. The van der Waals surface area contributed by atoms with E-state index in [1.165, 1.54) is 45.6 Å². The number of hydrogen-bond donors (Lipinski definition) is 1. The van der Waals surface area contributed by atoms with E-state index in [0.717, 1.165) is 12.8 Å². The minimum absolute atomic E-state index is 0.00822. The first kappa shape index (κ1) is 20.6. The van der Waals surface area contributed by atoms with Gasteiger partial charge < -0.3 is 9.84 Å². The number of aliphatic carboxylic acids is 1. The maximum Gasteiger partial charge on any atom is 0.306 e. The SMILES string of the molecule is CC/C=C/CCCCCCC/C=C/C=C/[C@@H](CC(=O)O)OC. The summed E-state index contributed by atoms with van der Waals surface area (Å²) in [6.07, 6.45) is 21.8. The van der Waals surface area contributed by atoms with E-state index in [9.17, 15) is 4.79 Å². The van der Waals surface area contributed by atoms with Crippen molar-refractivity contribution in [3.63, 3.8) is 0 Å². The lowest BCUT2D eigenvalue weighted by Crippen LogP contribution is -2.12. The van der Waals surface area contributed by atoms with E-state index in [-0.39, 0.29) is 12.5 Å². The number of unbranched alkanes of at least 4 members (excludes halogenated alkanes) is 6. The van der Waals surface area contributed by atoms with Crippen LogP contribution in [0.4, 0.5) is 0 Å². The van der Waals surface area contributed by atoms with E-state index in [1.807, 2.05) is 12.2 Å². The number of hydrogen-bond acceptors (Lipinski definition) is 2. The number of carboxylic acid groups (broad SMARTS) is 1. The van der Waals surface area contributed by atoms with Gasteiger partial charge in [0, 0.05) is 7.11 Å². The van der Waals surface area contributed by atoms with Gasteiger partial charge in [-0.3, -0.25) is 4.79 Å². The molecule has 126 valence electrons. The molecule has 0 aliphatic heterocycles. The van der Waals surface area contributed by atoms with E-state index in [2.05, 4.69) is 25.2 Å². The lowest BCUT2D eigenvalue weighted by Gasteiger charge is -2.05. The molecular weight excluding hydrogens is 276 g/mol. The minimum Gasteiger partial charge on any atom is -0.481 e. The zero-order chi connectivity index (χ0) is 16.5. The van der Waals surface area contributed by atoms with Crippen molar-refractivity contribution in [3.8, 4) is 0 Å². The van der Waals surface area contributed by atoms with Crippen molar-refractivity contribution in [1.29, 1.82) is 0 Å². The molecule has 0 aromatic rings. The number of carboxylic acids is 1. The number of rotatable bonds is 14. The monoisotopic (exact) mass is 308 g/mol. The minimum atomic E-state index is -0.842. The molecule has 0 rings (SSSR count). The Labute approximate surface area is 135 Å². The van der Waals surface area contributed by atoms with Gasteiger partial charge >= 0.3 is 5.97 Å². The second-order valence-electron chi connectivity index (χ2n) is 5.41. The first-order chi connectivity index (χ1) is 10.7. The van der Waals surface area contributed by atoms with Gasteiger partial charge in [0.25, 0.3) is 0 Å². The van der Waals surface area contributed by atoms with Crippen molar-refractivity contribution in [2.75, 3.05) is 7.11 Å². The average Bonchev–Trinajstić information content (AvgIpc) is 2.50. The topological polar surface area (TPSA) is 46.5 Å². The lowest BCUT2D eigenvalue weighted by atomic mass is 10.1. The van der Waals surface area contributed by atoms with Gasteiger partial charge in [-0.15, -0.1) is 0 Å². The Hall–Kier alpha value is -1.35. The average molecular weight is 308 g/mol. The molecule has 0 aromatic carbocycles. The molecule has 0 unspecified atom stereocenters. The molecule has 0 spiro atoms. The predicted molar refractivity (Wildman–Crippen MR) is 93.1 cm³/mol. The molecule has 0 radical (unpaired) electrons. The van der Waals surface area contributed by atoms with Crippen LogP contribution in [0.25, 0.3) is 0 Å². The van der Waals surface area contributed by atoms with Crippen LogP contribution in [0.3, 0.4) is 0 Å². The van der Waals surface area contributed by atoms with Gasteiger partial charge in [-0.1, -0.05) is 62.6 Å². The number of ether oxygens (including phenoxy) is 1. The normalized spacial score (nSPS) is 13.5. The first-order valence-corrected chi connectivity index (χ1v) is 8.43. The summed E-state index contributed by atoms with van der Waals surface area (Å²) >= 11 is 0. The molecule has 0 saturated heterocycles. The maximum absolute atomic E-state index is 10.6. The highest BCUT2D eigenvalue weighted by molar-refractivity contribution is 5.67. The fourth-order valence-corrected chi connectivity index (χ4v) is 2.10. The molecule has 0 aliphatic carbocycles. The largest absolute Gasteiger partial charge is 0.481 e. The highest BCUT2D eigenvalue weighted by Gasteiger charge is 2.06. The van der Waals surface area contributed by atoms with E-state index in [0.29, 0.717) is 0 Å². The van der Waals surface area contributed by atoms with Crippen molar-refractivity contribution in [2.45, 2.75) is 70.8 Å². The van der Waals surface area contributed by atoms with Crippen LogP contribution in [0, 0.1) is 0 Å². The Bertz CT molecular complexity index is 343. The van der Waals surface area contributed by atoms with Crippen LogP contribution < -0.4 is 0 Å². The molecule has 3 nitrogen and oxygen atoms in total. The van der Waals surface area contributed by atoms with Gasteiger partial charge in [-0.05, 0) is 32.1 Å². The fraction of sp³-hybridized carbons (Fsp3) is 0.632. The zero-order valence-corrected chi connectivity index (χ0v) is 14.2. The van der Waals surface area contributed by atoms with E-state index >= 15 is 0 Å². The second-order valence-corrected chi connectivity index (χ2v) is 5.41. The Balaban J connectivity index is 3.50. The molecule has 22 heavy (non-hydrogen) atoms. The third kappa shape index (κ3) is 15.0. The van der Waals surface area contributed by atoms with E-state index < -0.39 is 5.97 Å². The molecule has 1 atom stereocenters. The van der Waals surface area contributed by atoms with Crippen molar-refractivity contribution < 1.29 is 14.6 Å². The maximum atomic E-state index is 10.6. The summed E-state index contributed by atoms with van der Waals surface area (Å²) in [5.41, 5.74) is 0. The lowest BCUT2D eigenvalue weighted by molar-refractivity contribution is -0.138. The third-order valence-corrected chi connectivity index (χ3v) is 3.40. The third-order valence-electron chi connectivity index (χ3n) is 3.40. The standard InChI is InChI=1S/C19H32O3/c1-3-4-5-6-7-8-9-10-11-12-13-14-15-16-18(22-2)17-19(20)21/h4-5,13-16,18H,3,6-12,17H2,1-2H3,(H,20,21)/b5-4+,14-13+,16-15+/t18-/m0/s1. The molecule has 1 N–H and O–H groups in total. The molecule has 3 heteroatoms. The molecular formula is C19H32O3. The smallest absolute Gasteiger partial charge is 0.306 e. The van der Waals surface area contributed by atoms with Crippen LogP contribution in [0.15, 0.2) is 36.5 Å². The molecule has 0 aromatic heterocycles. The summed E-state index contributed by atoms with van der Waals surface area (Å²) in [4.78, 5) is 10.6. The first-order valence-electron chi connectivity index (χ1n) is 8.43. The van der Waals surface area contributed by atoms with Crippen molar-refractivity contribution >= 4 is 5.97 Å². The molecule has 0 amide bonds. The predicted octanol–water partition coefficient (Wildman–Crippen LogP) is 5.29. The van der Waals surface area contributed by atoms with Gasteiger partial charge in [0.1, 0.15) is 0 Å². The zero-order valence-electron chi connectivity index (χ0n) is 14.2. The molecule has 0 fully saturated rings. The van der Waals surface area contributed by atoms with Crippen molar-refractivity contribution in [2.24, 2.45) is 0 Å². The van der Waals surface area contributed by atoms with Gasteiger partial charge in [0.2, 0.25) is 0 Å². The van der Waals surface area contributed by atoms with E-state index in [4.69, 9.17) is 9.84 Å². The Kier molecular flexibility index (Phi) is 15.0. The van der Waals surface area contributed by atoms with Crippen molar-refractivity contribution in [1.82, 2.24) is 0 Å². The van der Waals surface area contributed by atoms with Gasteiger partial charge in [0.05, 0.1) is 12.5 Å². The summed E-state index contributed by atoms with van der Waals surface area (Å²) in [5, 5.41) is 8.68. The summed E-state index contributed by atoms with van der Waals surface area (Å²) in [6, 6.07) is 0. The summed E-state index contributed by atoms with van der Waals surface area (Å²) in [5.74, 6) is -0.842. The van der Waals surface area contributed by atoms with Gasteiger partial charge in [0.15, 0.2) is 0 Å². The number of methoxy groups -OCH3 is 1. The fourth-order valence-electron chi connectivity index (χ4n) is 2.10. The van der Waals surface area contributed by atoms with Crippen LogP contribution in [0.2, 0.25) is 0 Å². The number of carbonyl (C=O) groups is 1. The quantitative estimate of drug-likeness (QED) is 0.269. The van der Waals surface area contributed by atoms with Crippen molar-refractivity contribution in [3.05, 3.63) is 36.5 Å². The molecule has 0 heterocycles. The van der Waals surface area contributed by atoms with E-state index in [1.54, 1.807) is 6.08 Å².